The number of para-hydroxylation sites is 1. The van der Waals surface area contributed by atoms with Gasteiger partial charge in [-0.2, -0.15) is 0 Å². The summed E-state index contributed by atoms with van der Waals surface area (Å²) in [6, 6.07) is 20.1. The van der Waals surface area contributed by atoms with Crippen LogP contribution < -0.4 is 4.90 Å². The highest BCUT2D eigenvalue weighted by molar-refractivity contribution is 5.81. The van der Waals surface area contributed by atoms with Crippen LogP contribution in [0.3, 0.4) is 0 Å². The quantitative estimate of drug-likeness (QED) is 0.869. The number of likely N-dealkylation sites (N-methyl/N-ethyl adjacent to an activating group) is 1. The molecule has 1 aliphatic heterocycles. The maximum atomic E-state index is 12.6. The van der Waals surface area contributed by atoms with E-state index >= 15 is 0 Å². The van der Waals surface area contributed by atoms with Gasteiger partial charge in [-0.05, 0) is 42.9 Å². The van der Waals surface area contributed by atoms with E-state index in [1.807, 2.05) is 65.4 Å². The molecule has 3 rings (SSSR count). The minimum absolute atomic E-state index is 0.160. The Morgan fingerprint density at radius 3 is 2.27 bits per heavy atom. The molecule has 1 heterocycles. The topological polar surface area (TPSA) is 43.8 Å². The molecule has 2 aromatic rings. The Morgan fingerprint density at radius 1 is 1.08 bits per heavy atom. The van der Waals surface area contributed by atoms with Gasteiger partial charge in [-0.3, -0.25) is 4.79 Å². The van der Waals surface area contributed by atoms with Crippen LogP contribution >= 0.6 is 0 Å². The summed E-state index contributed by atoms with van der Waals surface area (Å²) < 4.78 is 0. The van der Waals surface area contributed by atoms with Crippen molar-refractivity contribution < 1.29 is 9.90 Å². The van der Waals surface area contributed by atoms with Crippen LogP contribution in [0, 0.1) is 5.92 Å². The summed E-state index contributed by atoms with van der Waals surface area (Å²) in [6.07, 6.45) is 2.10. The average Bonchev–Trinajstić information content (AvgIpc) is 2.69. The highest BCUT2D eigenvalue weighted by Gasteiger charge is 2.27. The van der Waals surface area contributed by atoms with Crippen molar-refractivity contribution in [1.82, 2.24) is 4.90 Å². The summed E-state index contributed by atoms with van der Waals surface area (Å²) in [7, 11) is 1.95. The molecule has 1 N–H and O–H groups in total. The molecular formula is C22H28N2O2. The number of benzene rings is 2. The lowest BCUT2D eigenvalue weighted by atomic mass is 9.88. The molecule has 4 nitrogen and oxygen atoms in total. The van der Waals surface area contributed by atoms with Crippen molar-refractivity contribution in [2.75, 3.05) is 31.6 Å². The maximum Gasteiger partial charge on any atom is 0.242 e. The largest absolute Gasteiger partial charge is 0.392 e. The lowest BCUT2D eigenvalue weighted by Gasteiger charge is -2.35. The number of anilines is 1. The first kappa shape index (κ1) is 18.5. The second-order valence-electron chi connectivity index (χ2n) is 7.17. The van der Waals surface area contributed by atoms with Gasteiger partial charge in [0.15, 0.2) is 0 Å². The zero-order valence-electron chi connectivity index (χ0n) is 15.4. The molecule has 0 radical (unpaired) electrons. The minimum atomic E-state index is -0.332. The molecule has 1 atom stereocenters. The number of amides is 1. The van der Waals surface area contributed by atoms with Gasteiger partial charge in [0.05, 0.1) is 12.6 Å². The molecule has 0 saturated carbocycles. The number of aliphatic hydroxyl groups excluding tert-OH is 1. The second-order valence-corrected chi connectivity index (χ2v) is 7.17. The molecular weight excluding hydrogens is 324 g/mol. The fourth-order valence-electron chi connectivity index (χ4n) is 3.63. The van der Waals surface area contributed by atoms with Crippen molar-refractivity contribution in [3.63, 3.8) is 0 Å². The van der Waals surface area contributed by atoms with Gasteiger partial charge in [-0.15, -0.1) is 0 Å². The number of piperidine rings is 1. The third-order valence-corrected chi connectivity index (χ3v) is 5.29. The third-order valence-electron chi connectivity index (χ3n) is 5.29. The lowest BCUT2D eigenvalue weighted by molar-refractivity contribution is -0.131. The molecule has 0 aliphatic carbocycles. The normalized spacial score (nSPS) is 16.3. The van der Waals surface area contributed by atoms with E-state index in [0.29, 0.717) is 13.0 Å². The van der Waals surface area contributed by atoms with Crippen LogP contribution in [0.25, 0.3) is 0 Å². The predicted octanol–water partition coefficient (Wildman–Crippen LogP) is 2.97. The molecule has 0 aromatic heterocycles. The third kappa shape index (κ3) is 4.85. The summed E-state index contributed by atoms with van der Waals surface area (Å²) in [6.45, 7) is 1.86. The van der Waals surface area contributed by atoms with Crippen LogP contribution in [-0.4, -0.2) is 48.7 Å². The Balaban J connectivity index is 1.46. The summed E-state index contributed by atoms with van der Waals surface area (Å²) in [4.78, 5) is 16.5. The number of hydrogen-bond donors (Lipinski definition) is 1. The number of hydrogen-bond acceptors (Lipinski definition) is 3. The fourth-order valence-corrected chi connectivity index (χ4v) is 3.63. The van der Waals surface area contributed by atoms with Crippen LogP contribution in [-0.2, 0) is 11.2 Å². The number of carbonyl (C=O) groups is 1. The van der Waals surface area contributed by atoms with Gasteiger partial charge in [0, 0.05) is 25.8 Å². The fraction of sp³-hybridized carbons (Fsp3) is 0.409. The molecule has 1 aliphatic rings. The monoisotopic (exact) mass is 352 g/mol. The SMILES string of the molecule is CN(CC(=O)N1CCC([C@@H](O)Cc2ccccc2)CC1)c1ccccc1. The van der Waals surface area contributed by atoms with E-state index in [9.17, 15) is 9.90 Å². The highest BCUT2D eigenvalue weighted by Crippen LogP contribution is 2.23. The van der Waals surface area contributed by atoms with E-state index in [2.05, 4.69) is 12.1 Å². The molecule has 1 fully saturated rings. The van der Waals surface area contributed by atoms with Gasteiger partial charge >= 0.3 is 0 Å². The Kier molecular flexibility index (Phi) is 6.29. The first-order valence-electron chi connectivity index (χ1n) is 9.39. The van der Waals surface area contributed by atoms with Crippen molar-refractivity contribution in [1.29, 1.82) is 0 Å². The van der Waals surface area contributed by atoms with Crippen LogP contribution in [0.2, 0.25) is 0 Å². The summed E-state index contributed by atoms with van der Waals surface area (Å²) >= 11 is 0. The smallest absolute Gasteiger partial charge is 0.242 e. The predicted molar refractivity (Wildman–Crippen MR) is 105 cm³/mol. The number of aliphatic hydroxyl groups is 1. The van der Waals surface area contributed by atoms with E-state index in [1.165, 1.54) is 5.56 Å². The van der Waals surface area contributed by atoms with Gasteiger partial charge in [0.25, 0.3) is 0 Å². The van der Waals surface area contributed by atoms with Crippen LogP contribution in [0.1, 0.15) is 18.4 Å². The molecule has 1 amide bonds. The van der Waals surface area contributed by atoms with E-state index < -0.39 is 0 Å². The Labute approximate surface area is 156 Å². The number of carbonyl (C=O) groups excluding carboxylic acids is 1. The van der Waals surface area contributed by atoms with Crippen molar-refractivity contribution in [3.05, 3.63) is 66.2 Å². The van der Waals surface area contributed by atoms with E-state index in [1.54, 1.807) is 0 Å². The van der Waals surface area contributed by atoms with Gasteiger partial charge < -0.3 is 14.9 Å². The molecule has 0 unspecified atom stereocenters. The maximum absolute atomic E-state index is 12.6. The molecule has 1 saturated heterocycles. The van der Waals surface area contributed by atoms with Crippen molar-refractivity contribution in [2.45, 2.75) is 25.4 Å². The van der Waals surface area contributed by atoms with Gasteiger partial charge in [0.1, 0.15) is 0 Å². The molecule has 0 spiro atoms. The standard InChI is InChI=1S/C22H28N2O2/c1-23(20-10-6-3-7-11-20)17-22(26)24-14-12-19(13-15-24)21(25)16-18-8-4-2-5-9-18/h2-11,19,21,25H,12-17H2,1H3/t21-/m0/s1. The van der Waals surface area contributed by atoms with E-state index in [-0.39, 0.29) is 17.9 Å². The first-order valence-corrected chi connectivity index (χ1v) is 9.39. The summed E-state index contributed by atoms with van der Waals surface area (Å²) in [5, 5.41) is 10.5. The first-order chi connectivity index (χ1) is 12.6. The van der Waals surface area contributed by atoms with E-state index in [0.717, 1.165) is 31.6 Å². The lowest BCUT2D eigenvalue weighted by Crippen LogP contribution is -2.45. The molecule has 26 heavy (non-hydrogen) atoms. The van der Waals surface area contributed by atoms with Crippen molar-refractivity contribution in [3.8, 4) is 0 Å². The number of rotatable bonds is 6. The van der Waals surface area contributed by atoms with Gasteiger partial charge in [0.2, 0.25) is 5.91 Å². The van der Waals surface area contributed by atoms with Crippen LogP contribution in [0.5, 0.6) is 0 Å². The zero-order valence-corrected chi connectivity index (χ0v) is 15.4. The van der Waals surface area contributed by atoms with Crippen molar-refractivity contribution in [2.24, 2.45) is 5.92 Å². The summed E-state index contributed by atoms with van der Waals surface area (Å²) in [5.41, 5.74) is 2.22. The van der Waals surface area contributed by atoms with Gasteiger partial charge in [-0.25, -0.2) is 0 Å². The number of likely N-dealkylation sites (tertiary alicyclic amines) is 1. The van der Waals surface area contributed by atoms with Crippen LogP contribution in [0.4, 0.5) is 5.69 Å². The Morgan fingerprint density at radius 2 is 1.65 bits per heavy atom. The molecule has 4 heteroatoms. The molecule has 0 bridgehead atoms. The average molecular weight is 352 g/mol. The highest BCUT2D eigenvalue weighted by atomic mass is 16.3. The Hall–Kier alpha value is -2.33. The molecule has 138 valence electrons. The van der Waals surface area contributed by atoms with Gasteiger partial charge in [-0.1, -0.05) is 48.5 Å². The molecule has 2 aromatic carbocycles. The summed E-state index contributed by atoms with van der Waals surface area (Å²) in [5.74, 6) is 0.429. The number of nitrogens with zero attached hydrogens (tertiary/aromatic N) is 2. The minimum Gasteiger partial charge on any atom is -0.392 e. The second kappa shape index (κ2) is 8.86. The van der Waals surface area contributed by atoms with Crippen molar-refractivity contribution >= 4 is 11.6 Å². The Bertz CT molecular complexity index is 682. The van der Waals surface area contributed by atoms with E-state index in [4.69, 9.17) is 0 Å². The zero-order chi connectivity index (χ0) is 18.4. The van der Waals surface area contributed by atoms with Crippen LogP contribution in [0.15, 0.2) is 60.7 Å².